The third kappa shape index (κ3) is 4.28. The predicted molar refractivity (Wildman–Crippen MR) is 193 cm³/mol. The average Bonchev–Trinajstić information content (AvgIpc) is 3.63. The van der Waals surface area contributed by atoms with Crippen LogP contribution < -0.4 is 4.90 Å². The molecule has 3 aliphatic rings. The van der Waals surface area contributed by atoms with E-state index in [9.17, 15) is 9.59 Å². The van der Waals surface area contributed by atoms with Gasteiger partial charge >= 0.3 is 0 Å². The molecule has 8 rings (SSSR count). The van der Waals surface area contributed by atoms with Crippen LogP contribution in [-0.4, -0.2) is 11.6 Å². The zero-order valence-corrected chi connectivity index (χ0v) is 29.0. The quantitative estimate of drug-likeness (QED) is 0.0796. The first-order chi connectivity index (χ1) is 22.5. The Morgan fingerprint density at radius 3 is 2.00 bits per heavy atom. The summed E-state index contributed by atoms with van der Waals surface area (Å²) in [6, 6.07) is 16.9. The highest BCUT2D eigenvalue weighted by atomic mass is 35.5. The maximum absolute atomic E-state index is 13.8. The van der Waals surface area contributed by atoms with Crippen LogP contribution in [0, 0.1) is 20.8 Å². The van der Waals surface area contributed by atoms with E-state index < -0.39 is 17.0 Å². The second-order valence-electron chi connectivity index (χ2n) is 13.0. The summed E-state index contributed by atoms with van der Waals surface area (Å²) in [6.07, 6.45) is 8.60. The molecule has 5 aromatic rings. The topological polar surface area (TPSA) is 50.5 Å². The average molecular weight is 701 g/mol. The third-order valence-corrected chi connectivity index (χ3v) is 12.0. The van der Waals surface area contributed by atoms with Crippen molar-refractivity contribution < 1.29 is 14.0 Å². The monoisotopic (exact) mass is 699 g/mol. The van der Waals surface area contributed by atoms with Gasteiger partial charge in [-0.05, 0) is 75.1 Å². The zero-order chi connectivity index (χ0) is 32.9. The van der Waals surface area contributed by atoms with E-state index >= 15 is 0 Å². The van der Waals surface area contributed by atoms with Gasteiger partial charge in [0.15, 0.2) is 11.6 Å². The van der Waals surface area contributed by atoms with Crippen LogP contribution in [0.3, 0.4) is 0 Å². The Morgan fingerprint density at radius 1 is 0.745 bits per heavy atom. The Morgan fingerprint density at radius 2 is 1.36 bits per heavy atom. The number of halogens is 4. The van der Waals surface area contributed by atoms with Crippen LogP contribution in [0.4, 0.5) is 11.4 Å². The van der Waals surface area contributed by atoms with Crippen LogP contribution in [0.15, 0.2) is 76.4 Å². The molecule has 1 spiro atoms. The number of fused-ring (bicyclic) bond motifs is 7. The lowest BCUT2D eigenvalue weighted by Gasteiger charge is -2.37. The van der Waals surface area contributed by atoms with Gasteiger partial charge in [-0.25, -0.2) is 0 Å². The number of aryl methyl sites for hydroxylation is 3. The van der Waals surface area contributed by atoms with E-state index in [1.165, 1.54) is 5.56 Å². The molecule has 2 aliphatic carbocycles. The highest BCUT2D eigenvalue weighted by Crippen LogP contribution is 2.61. The van der Waals surface area contributed by atoms with Crippen LogP contribution in [0.2, 0.25) is 20.1 Å². The van der Waals surface area contributed by atoms with Gasteiger partial charge in [-0.15, -0.1) is 0 Å². The molecular formula is C39H29Cl4NO3. The lowest BCUT2D eigenvalue weighted by Crippen LogP contribution is -2.32. The highest BCUT2D eigenvalue weighted by Gasteiger charge is 2.51. The van der Waals surface area contributed by atoms with Gasteiger partial charge in [-0.2, -0.15) is 0 Å². The molecule has 47 heavy (non-hydrogen) atoms. The van der Waals surface area contributed by atoms with E-state index in [2.05, 4.69) is 56.0 Å². The van der Waals surface area contributed by atoms with Crippen LogP contribution >= 0.6 is 46.4 Å². The van der Waals surface area contributed by atoms with Crippen molar-refractivity contribution in [3.63, 3.8) is 0 Å². The van der Waals surface area contributed by atoms with Gasteiger partial charge in [0, 0.05) is 27.4 Å². The standard InChI is InChI=1S/C39H29Cl4NO3/c1-19-17-20(2)35(21(3)18-19)44-25-13-11-23-22-9-5-6-10-26(22)47-38(23)30(25)39(15-7-4-8-16-39)27(44)14-12-24-36(45)28-29(37(24)46)32(41)34(43)33(42)31(28)40/h5-6,9-14,17-18H,4,7-8,15-16H2,1-3H3/b27-14-. The first kappa shape index (κ1) is 30.8. The number of para-hydroxylation sites is 1. The lowest BCUT2D eigenvalue weighted by molar-refractivity contribution is 0.0989. The minimum absolute atomic E-state index is 0.00568. The Hall–Kier alpha value is -3.54. The van der Waals surface area contributed by atoms with Crippen LogP contribution in [0.5, 0.6) is 0 Å². The van der Waals surface area contributed by atoms with Crippen molar-refractivity contribution >= 4 is 91.3 Å². The number of benzene rings is 4. The van der Waals surface area contributed by atoms with E-state index in [1.54, 1.807) is 6.08 Å². The Kier molecular flexibility index (Phi) is 7.20. The molecule has 0 unspecified atom stereocenters. The van der Waals surface area contributed by atoms with Gasteiger partial charge in [0.2, 0.25) is 0 Å². The maximum Gasteiger partial charge on any atom is 0.199 e. The molecule has 1 aromatic heterocycles. The van der Waals surface area contributed by atoms with Crippen LogP contribution in [-0.2, 0) is 5.41 Å². The van der Waals surface area contributed by atoms with E-state index in [4.69, 9.17) is 50.8 Å². The largest absolute Gasteiger partial charge is 0.456 e. The maximum atomic E-state index is 13.8. The van der Waals surface area contributed by atoms with Crippen LogP contribution in [0.1, 0.15) is 75.1 Å². The van der Waals surface area contributed by atoms with E-state index in [-0.39, 0.29) is 36.8 Å². The summed E-state index contributed by atoms with van der Waals surface area (Å²) >= 11 is 25.6. The summed E-state index contributed by atoms with van der Waals surface area (Å²) in [5.41, 5.74) is 9.03. The second kappa shape index (κ2) is 11.0. The van der Waals surface area contributed by atoms with E-state index in [0.717, 1.165) is 87.8 Å². The fourth-order valence-electron chi connectivity index (χ4n) is 8.30. The van der Waals surface area contributed by atoms with Crippen molar-refractivity contribution in [1.29, 1.82) is 0 Å². The SMILES string of the molecule is Cc1cc(C)c(N2/C(=C\C=C3C(=O)c4c(Cl)c(Cl)c(Cl)c(Cl)c4C3=O)C3(CCCCC3)c3c2ccc2c3oc3ccccc32)c(C)c1. The van der Waals surface area contributed by atoms with Crippen molar-refractivity contribution in [1.82, 2.24) is 0 Å². The summed E-state index contributed by atoms with van der Waals surface area (Å²) in [4.78, 5) is 30.0. The molecule has 0 amide bonds. The number of nitrogens with zero attached hydrogens (tertiary/aromatic N) is 1. The number of allylic oxidation sites excluding steroid dienone is 4. The number of Topliss-reactive ketones (excluding diaryl/α,β-unsaturated/α-hetero) is 2. The predicted octanol–water partition coefficient (Wildman–Crippen LogP) is 12.4. The minimum atomic E-state index is -0.519. The lowest BCUT2D eigenvalue weighted by atomic mass is 9.68. The number of hydrogen-bond acceptors (Lipinski definition) is 4. The summed E-state index contributed by atoms with van der Waals surface area (Å²) in [6.45, 7) is 6.37. The molecule has 236 valence electrons. The molecule has 4 nitrogen and oxygen atoms in total. The molecule has 1 saturated carbocycles. The summed E-state index contributed by atoms with van der Waals surface area (Å²) in [7, 11) is 0. The van der Waals surface area contributed by atoms with Crippen LogP contribution in [0.25, 0.3) is 21.9 Å². The molecule has 0 atom stereocenters. The molecular weight excluding hydrogens is 672 g/mol. The third-order valence-electron chi connectivity index (χ3n) is 10.2. The normalized spacial score (nSPS) is 17.9. The number of hydrogen-bond donors (Lipinski definition) is 0. The molecule has 4 aromatic carbocycles. The fraction of sp³-hybridized carbons (Fsp3) is 0.231. The number of rotatable bonds is 2. The van der Waals surface area contributed by atoms with Crippen molar-refractivity contribution in [3.8, 4) is 0 Å². The van der Waals surface area contributed by atoms with Gasteiger partial charge in [-0.1, -0.05) is 102 Å². The fourth-order valence-corrected chi connectivity index (χ4v) is 9.33. The zero-order valence-electron chi connectivity index (χ0n) is 26.0. The van der Waals surface area contributed by atoms with Crippen molar-refractivity contribution in [2.45, 2.75) is 58.3 Å². The van der Waals surface area contributed by atoms with Crippen molar-refractivity contribution in [3.05, 3.63) is 125 Å². The summed E-state index contributed by atoms with van der Waals surface area (Å²) < 4.78 is 6.71. The number of carbonyl (C=O) groups is 2. The number of ketones is 2. The van der Waals surface area contributed by atoms with Crippen molar-refractivity contribution in [2.24, 2.45) is 0 Å². The first-order valence-corrected chi connectivity index (χ1v) is 17.3. The number of carbonyl (C=O) groups excluding carboxylic acids is 2. The van der Waals surface area contributed by atoms with Gasteiger partial charge in [0.25, 0.3) is 0 Å². The van der Waals surface area contributed by atoms with Gasteiger partial charge in [0.05, 0.1) is 48.2 Å². The molecule has 0 bridgehead atoms. The minimum Gasteiger partial charge on any atom is -0.456 e. The molecule has 1 aliphatic heterocycles. The van der Waals surface area contributed by atoms with E-state index in [0.29, 0.717) is 0 Å². The molecule has 0 saturated heterocycles. The number of furan rings is 1. The van der Waals surface area contributed by atoms with Gasteiger partial charge < -0.3 is 9.32 Å². The summed E-state index contributed by atoms with van der Waals surface area (Å²) in [5.74, 6) is -1.04. The molecule has 2 heterocycles. The van der Waals surface area contributed by atoms with Gasteiger partial charge in [-0.3, -0.25) is 9.59 Å². The van der Waals surface area contributed by atoms with Gasteiger partial charge in [0.1, 0.15) is 11.2 Å². The second-order valence-corrected chi connectivity index (χ2v) is 14.5. The molecule has 0 radical (unpaired) electrons. The summed E-state index contributed by atoms with van der Waals surface area (Å²) in [5, 5.41) is 1.93. The Bertz CT molecular complexity index is 2230. The number of anilines is 2. The van der Waals surface area contributed by atoms with E-state index in [1.807, 2.05) is 24.3 Å². The highest BCUT2D eigenvalue weighted by molar-refractivity contribution is 6.57. The Balaban J connectivity index is 1.42. The Labute approximate surface area is 292 Å². The smallest absolute Gasteiger partial charge is 0.199 e. The first-order valence-electron chi connectivity index (χ1n) is 15.8. The van der Waals surface area contributed by atoms with Crippen molar-refractivity contribution in [2.75, 3.05) is 4.90 Å². The molecule has 0 N–H and O–H groups in total. The molecule has 8 heteroatoms. The molecule has 1 fully saturated rings.